The van der Waals surface area contributed by atoms with Crippen LogP contribution >= 0.6 is 11.6 Å². The summed E-state index contributed by atoms with van der Waals surface area (Å²) in [6.07, 6.45) is 2.79. The van der Waals surface area contributed by atoms with E-state index in [4.69, 9.17) is 16.3 Å². The van der Waals surface area contributed by atoms with Crippen molar-refractivity contribution < 1.29 is 14.3 Å². The van der Waals surface area contributed by atoms with Gasteiger partial charge in [0.15, 0.2) is 0 Å². The number of para-hydroxylation sites is 1. The van der Waals surface area contributed by atoms with Crippen LogP contribution in [-0.4, -0.2) is 29.0 Å². The Morgan fingerprint density at radius 3 is 2.54 bits per heavy atom. The van der Waals surface area contributed by atoms with E-state index in [9.17, 15) is 9.59 Å². The first-order chi connectivity index (χ1) is 13.5. The van der Waals surface area contributed by atoms with E-state index in [1.807, 2.05) is 13.0 Å². The van der Waals surface area contributed by atoms with Gasteiger partial charge in [-0.25, -0.2) is 14.8 Å². The van der Waals surface area contributed by atoms with Crippen LogP contribution in [-0.2, 0) is 4.74 Å². The summed E-state index contributed by atoms with van der Waals surface area (Å²) in [6.45, 7) is 1.94. The number of hydrogen-bond donors (Lipinski definition) is 2. The van der Waals surface area contributed by atoms with Crippen LogP contribution < -0.4 is 10.6 Å². The number of carbonyl (C=O) groups excluding carboxylic acids is 2. The number of hydrogen-bond acceptors (Lipinski definition) is 6. The third-order valence-electron chi connectivity index (χ3n) is 3.93. The minimum absolute atomic E-state index is 0.105. The number of carbonyl (C=O) groups is 2. The Balaban J connectivity index is 1.74. The Bertz CT molecular complexity index is 1020. The minimum Gasteiger partial charge on any atom is -0.465 e. The van der Waals surface area contributed by atoms with Gasteiger partial charge < -0.3 is 15.4 Å². The minimum atomic E-state index is -0.543. The highest BCUT2D eigenvalue weighted by atomic mass is 35.5. The molecule has 0 radical (unpaired) electrons. The fourth-order valence-electron chi connectivity index (χ4n) is 2.44. The zero-order valence-corrected chi connectivity index (χ0v) is 15.9. The zero-order chi connectivity index (χ0) is 20.1. The van der Waals surface area contributed by atoms with Gasteiger partial charge in [0.2, 0.25) is 0 Å². The number of aromatic nitrogens is 2. The zero-order valence-electron chi connectivity index (χ0n) is 15.2. The van der Waals surface area contributed by atoms with Crippen molar-refractivity contribution in [2.24, 2.45) is 0 Å². The van der Waals surface area contributed by atoms with Gasteiger partial charge in [0.05, 0.1) is 30.8 Å². The van der Waals surface area contributed by atoms with Crippen molar-refractivity contribution >= 4 is 40.7 Å². The lowest BCUT2D eigenvalue weighted by molar-refractivity contribution is 0.0602. The van der Waals surface area contributed by atoms with Gasteiger partial charge in [-0.1, -0.05) is 29.8 Å². The summed E-state index contributed by atoms with van der Waals surface area (Å²) < 4.78 is 4.72. The molecule has 1 aromatic heterocycles. The molecule has 2 aromatic carbocycles. The second kappa shape index (κ2) is 8.49. The van der Waals surface area contributed by atoms with E-state index >= 15 is 0 Å². The second-order valence-electron chi connectivity index (χ2n) is 5.86. The number of esters is 1. The van der Waals surface area contributed by atoms with Gasteiger partial charge in [0, 0.05) is 10.7 Å². The Hall–Kier alpha value is -3.45. The quantitative estimate of drug-likeness (QED) is 0.627. The molecule has 1 heterocycles. The standard InChI is InChI=1S/C20H17ClN4O3/c1-12-7-8-13(21)9-16(12)24-18-11-22-17(10-23-18)19(26)25-15-6-4-3-5-14(15)20(27)28-2/h3-11H,1-2H3,(H,23,24)(H,25,26). The number of nitrogens with one attached hydrogen (secondary N) is 2. The molecule has 0 bridgehead atoms. The number of halogens is 1. The fourth-order valence-corrected chi connectivity index (χ4v) is 2.62. The number of aryl methyl sites for hydroxylation is 1. The molecule has 0 saturated carbocycles. The van der Waals surface area contributed by atoms with Gasteiger partial charge in [-0.15, -0.1) is 0 Å². The maximum Gasteiger partial charge on any atom is 0.339 e. The Kier molecular flexibility index (Phi) is 5.86. The van der Waals surface area contributed by atoms with Gasteiger partial charge in [0.25, 0.3) is 5.91 Å². The topological polar surface area (TPSA) is 93.2 Å². The van der Waals surface area contributed by atoms with E-state index in [0.717, 1.165) is 11.3 Å². The van der Waals surface area contributed by atoms with E-state index in [2.05, 4.69) is 20.6 Å². The smallest absolute Gasteiger partial charge is 0.339 e. The maximum atomic E-state index is 12.4. The molecular formula is C20H17ClN4O3. The maximum absolute atomic E-state index is 12.4. The molecule has 142 valence electrons. The van der Waals surface area contributed by atoms with Crippen LogP contribution in [0.2, 0.25) is 5.02 Å². The lowest BCUT2D eigenvalue weighted by Crippen LogP contribution is -2.17. The van der Waals surface area contributed by atoms with E-state index in [0.29, 0.717) is 16.5 Å². The molecule has 0 spiro atoms. The molecule has 0 saturated heterocycles. The largest absolute Gasteiger partial charge is 0.465 e. The van der Waals surface area contributed by atoms with Gasteiger partial charge >= 0.3 is 5.97 Å². The molecule has 0 aliphatic carbocycles. The second-order valence-corrected chi connectivity index (χ2v) is 6.30. The molecule has 28 heavy (non-hydrogen) atoms. The highest BCUT2D eigenvalue weighted by Crippen LogP contribution is 2.23. The van der Waals surface area contributed by atoms with Crippen molar-refractivity contribution in [2.75, 3.05) is 17.7 Å². The van der Waals surface area contributed by atoms with Crippen molar-refractivity contribution in [3.63, 3.8) is 0 Å². The lowest BCUT2D eigenvalue weighted by Gasteiger charge is -2.10. The van der Waals surface area contributed by atoms with E-state index < -0.39 is 11.9 Å². The summed E-state index contributed by atoms with van der Waals surface area (Å²) in [4.78, 5) is 32.6. The highest BCUT2D eigenvalue weighted by molar-refractivity contribution is 6.30. The van der Waals surface area contributed by atoms with Crippen LogP contribution in [0.25, 0.3) is 0 Å². The average molecular weight is 397 g/mol. The molecule has 7 nitrogen and oxygen atoms in total. The fraction of sp³-hybridized carbons (Fsp3) is 0.100. The van der Waals surface area contributed by atoms with Crippen LogP contribution in [0, 0.1) is 6.92 Å². The predicted molar refractivity (Wildman–Crippen MR) is 107 cm³/mol. The Morgan fingerprint density at radius 1 is 1.04 bits per heavy atom. The number of rotatable bonds is 5. The van der Waals surface area contributed by atoms with E-state index in [-0.39, 0.29) is 11.3 Å². The van der Waals surface area contributed by atoms with Crippen LogP contribution in [0.4, 0.5) is 17.2 Å². The van der Waals surface area contributed by atoms with Crippen molar-refractivity contribution in [1.29, 1.82) is 0 Å². The summed E-state index contributed by atoms with van der Waals surface area (Å²) in [7, 11) is 1.28. The molecule has 2 N–H and O–H groups in total. The highest BCUT2D eigenvalue weighted by Gasteiger charge is 2.15. The number of nitrogens with zero attached hydrogens (tertiary/aromatic N) is 2. The van der Waals surface area contributed by atoms with E-state index in [1.54, 1.807) is 36.4 Å². The summed E-state index contributed by atoms with van der Waals surface area (Å²) in [5.74, 6) is -0.565. The molecule has 3 rings (SSSR count). The van der Waals surface area contributed by atoms with Crippen LogP contribution in [0.1, 0.15) is 26.4 Å². The first-order valence-corrected chi connectivity index (χ1v) is 8.69. The molecule has 3 aromatic rings. The molecular weight excluding hydrogens is 380 g/mol. The van der Waals surface area contributed by atoms with Gasteiger partial charge in [0.1, 0.15) is 11.5 Å². The Morgan fingerprint density at radius 2 is 1.82 bits per heavy atom. The molecule has 1 amide bonds. The van der Waals surface area contributed by atoms with Crippen LogP contribution in [0.15, 0.2) is 54.9 Å². The SMILES string of the molecule is COC(=O)c1ccccc1NC(=O)c1cnc(Nc2cc(Cl)ccc2C)cn1. The van der Waals surface area contributed by atoms with Crippen molar-refractivity contribution in [3.05, 3.63) is 76.7 Å². The molecule has 0 aliphatic rings. The normalized spacial score (nSPS) is 10.2. The third-order valence-corrected chi connectivity index (χ3v) is 4.16. The number of amides is 1. The van der Waals surface area contributed by atoms with Crippen molar-refractivity contribution in [1.82, 2.24) is 9.97 Å². The molecule has 0 aliphatic heterocycles. The van der Waals surface area contributed by atoms with Gasteiger partial charge in [-0.3, -0.25) is 4.79 Å². The molecule has 8 heteroatoms. The Labute approximate surface area is 166 Å². The van der Waals surface area contributed by atoms with E-state index in [1.165, 1.54) is 19.5 Å². The number of benzene rings is 2. The summed E-state index contributed by atoms with van der Waals surface area (Å²) in [5.41, 5.74) is 2.48. The number of methoxy groups -OCH3 is 1. The van der Waals surface area contributed by atoms with Crippen molar-refractivity contribution in [3.8, 4) is 0 Å². The first-order valence-electron chi connectivity index (χ1n) is 8.32. The number of anilines is 3. The predicted octanol–water partition coefficient (Wildman–Crippen LogP) is 4.22. The average Bonchev–Trinajstić information content (AvgIpc) is 2.71. The van der Waals surface area contributed by atoms with Crippen LogP contribution in [0.3, 0.4) is 0 Å². The monoisotopic (exact) mass is 396 g/mol. The molecule has 0 atom stereocenters. The molecule has 0 unspecified atom stereocenters. The lowest BCUT2D eigenvalue weighted by atomic mass is 10.1. The van der Waals surface area contributed by atoms with Crippen LogP contribution in [0.5, 0.6) is 0 Å². The third kappa shape index (κ3) is 4.44. The molecule has 0 fully saturated rings. The summed E-state index contributed by atoms with van der Waals surface area (Å²) in [6, 6.07) is 12.0. The summed E-state index contributed by atoms with van der Waals surface area (Å²) >= 11 is 6.01. The summed E-state index contributed by atoms with van der Waals surface area (Å²) in [5, 5.41) is 6.36. The van der Waals surface area contributed by atoms with Gasteiger partial charge in [-0.05, 0) is 36.8 Å². The van der Waals surface area contributed by atoms with Crippen molar-refractivity contribution in [2.45, 2.75) is 6.92 Å². The van der Waals surface area contributed by atoms with Gasteiger partial charge in [-0.2, -0.15) is 0 Å². The first kappa shape index (κ1) is 19.3. The number of ether oxygens (including phenoxy) is 1.